The van der Waals surface area contributed by atoms with Crippen LogP contribution in [0.4, 0.5) is 5.69 Å². The van der Waals surface area contributed by atoms with Crippen molar-refractivity contribution in [2.45, 2.75) is 44.4 Å². The SMILES string of the molecule is CCOc1ccc(S(=O)(=O)N2CCC(C(=O)Nc3cccc(C(C)C)c3)CC2)cc1. The second kappa shape index (κ2) is 9.62. The first-order valence-corrected chi connectivity index (χ1v) is 11.9. The van der Waals surface area contributed by atoms with Gasteiger partial charge in [-0.1, -0.05) is 26.0 Å². The van der Waals surface area contributed by atoms with Crippen LogP contribution in [0.3, 0.4) is 0 Å². The van der Waals surface area contributed by atoms with E-state index in [0.29, 0.717) is 44.2 Å². The lowest BCUT2D eigenvalue weighted by Gasteiger charge is -2.30. The molecular weight excluding hydrogens is 400 g/mol. The lowest BCUT2D eigenvalue weighted by molar-refractivity contribution is -0.120. The quantitative estimate of drug-likeness (QED) is 0.713. The molecule has 7 heteroatoms. The van der Waals surface area contributed by atoms with E-state index in [2.05, 4.69) is 19.2 Å². The summed E-state index contributed by atoms with van der Waals surface area (Å²) in [6, 6.07) is 14.3. The normalized spacial score (nSPS) is 15.9. The van der Waals surface area contributed by atoms with Crippen molar-refractivity contribution in [2.24, 2.45) is 5.92 Å². The molecule has 0 unspecified atom stereocenters. The first-order chi connectivity index (χ1) is 14.3. The van der Waals surface area contributed by atoms with Gasteiger partial charge in [-0.3, -0.25) is 4.79 Å². The molecule has 1 fully saturated rings. The van der Waals surface area contributed by atoms with Crippen LogP contribution in [0.25, 0.3) is 0 Å². The zero-order valence-electron chi connectivity index (χ0n) is 17.8. The average molecular weight is 431 g/mol. The highest BCUT2D eigenvalue weighted by molar-refractivity contribution is 7.89. The molecule has 1 aliphatic heterocycles. The Morgan fingerprint density at radius 1 is 1.13 bits per heavy atom. The summed E-state index contributed by atoms with van der Waals surface area (Å²) >= 11 is 0. The first kappa shape index (κ1) is 22.3. The van der Waals surface area contributed by atoms with Crippen molar-refractivity contribution in [1.82, 2.24) is 4.31 Å². The van der Waals surface area contributed by atoms with Crippen molar-refractivity contribution in [2.75, 3.05) is 25.0 Å². The molecule has 0 radical (unpaired) electrons. The second-order valence-electron chi connectivity index (χ2n) is 7.85. The van der Waals surface area contributed by atoms with E-state index in [9.17, 15) is 13.2 Å². The summed E-state index contributed by atoms with van der Waals surface area (Å²) in [4.78, 5) is 12.9. The number of hydrogen-bond acceptors (Lipinski definition) is 4. The van der Waals surface area contributed by atoms with E-state index in [4.69, 9.17) is 4.74 Å². The Kier molecular flexibility index (Phi) is 7.15. The number of carbonyl (C=O) groups is 1. The van der Waals surface area contributed by atoms with E-state index in [-0.39, 0.29) is 16.7 Å². The van der Waals surface area contributed by atoms with Crippen molar-refractivity contribution >= 4 is 21.6 Å². The van der Waals surface area contributed by atoms with Gasteiger partial charge in [0.2, 0.25) is 15.9 Å². The number of amides is 1. The van der Waals surface area contributed by atoms with Crippen LogP contribution >= 0.6 is 0 Å². The summed E-state index contributed by atoms with van der Waals surface area (Å²) in [6.45, 7) is 7.30. The van der Waals surface area contributed by atoms with E-state index in [1.165, 1.54) is 9.87 Å². The zero-order chi connectivity index (χ0) is 21.7. The van der Waals surface area contributed by atoms with E-state index in [1.54, 1.807) is 24.3 Å². The fourth-order valence-corrected chi connectivity index (χ4v) is 5.07. The van der Waals surface area contributed by atoms with Crippen molar-refractivity contribution in [1.29, 1.82) is 0 Å². The average Bonchev–Trinajstić information content (AvgIpc) is 2.74. The Labute approximate surface area is 179 Å². The van der Waals surface area contributed by atoms with Gasteiger partial charge in [-0.2, -0.15) is 4.31 Å². The van der Waals surface area contributed by atoms with Gasteiger partial charge in [0.05, 0.1) is 11.5 Å². The molecule has 0 aromatic heterocycles. The summed E-state index contributed by atoms with van der Waals surface area (Å²) in [7, 11) is -3.57. The van der Waals surface area contributed by atoms with Crippen molar-refractivity contribution in [3.05, 3.63) is 54.1 Å². The third-order valence-corrected chi connectivity index (χ3v) is 7.33. The van der Waals surface area contributed by atoms with Crippen LogP contribution in [-0.2, 0) is 14.8 Å². The molecule has 2 aromatic carbocycles. The third-order valence-electron chi connectivity index (χ3n) is 5.42. The Balaban J connectivity index is 1.59. The molecule has 1 aliphatic rings. The summed E-state index contributed by atoms with van der Waals surface area (Å²) in [5, 5.41) is 2.99. The van der Waals surface area contributed by atoms with Gasteiger partial charge in [0.15, 0.2) is 0 Å². The molecule has 3 rings (SSSR count). The van der Waals surface area contributed by atoms with Gasteiger partial charge in [-0.05, 0) is 67.6 Å². The number of rotatable bonds is 7. The van der Waals surface area contributed by atoms with Gasteiger partial charge in [0, 0.05) is 24.7 Å². The smallest absolute Gasteiger partial charge is 0.243 e. The van der Waals surface area contributed by atoms with Gasteiger partial charge in [-0.25, -0.2) is 8.42 Å². The molecule has 0 saturated carbocycles. The fraction of sp³-hybridized carbons (Fsp3) is 0.435. The molecule has 0 atom stereocenters. The molecule has 2 aromatic rings. The van der Waals surface area contributed by atoms with Crippen LogP contribution in [0, 0.1) is 5.92 Å². The van der Waals surface area contributed by atoms with E-state index < -0.39 is 10.0 Å². The number of carbonyl (C=O) groups excluding carboxylic acids is 1. The predicted octanol–water partition coefficient (Wildman–Crippen LogP) is 4.25. The number of anilines is 1. The second-order valence-corrected chi connectivity index (χ2v) is 9.79. The fourth-order valence-electron chi connectivity index (χ4n) is 3.60. The number of benzene rings is 2. The van der Waals surface area contributed by atoms with Crippen molar-refractivity contribution in [3.8, 4) is 5.75 Å². The van der Waals surface area contributed by atoms with E-state index >= 15 is 0 Å². The minimum absolute atomic E-state index is 0.0472. The third kappa shape index (κ3) is 5.21. The maximum atomic E-state index is 12.9. The topological polar surface area (TPSA) is 75.7 Å². The van der Waals surface area contributed by atoms with Crippen LogP contribution in [0.5, 0.6) is 5.75 Å². The standard InChI is InChI=1S/C23H30N2O4S/c1-4-29-21-8-10-22(11-9-21)30(27,28)25-14-12-18(13-15-25)23(26)24-20-7-5-6-19(16-20)17(2)3/h5-11,16-18H,4,12-15H2,1-3H3,(H,24,26). The maximum absolute atomic E-state index is 12.9. The number of piperidine rings is 1. The van der Waals surface area contributed by atoms with Crippen LogP contribution in [0.2, 0.25) is 0 Å². The largest absolute Gasteiger partial charge is 0.494 e. The molecule has 162 valence electrons. The Bertz CT molecular complexity index is 963. The molecule has 6 nitrogen and oxygen atoms in total. The Hall–Kier alpha value is -2.38. The number of ether oxygens (including phenoxy) is 1. The number of sulfonamides is 1. The van der Waals surface area contributed by atoms with Gasteiger partial charge in [-0.15, -0.1) is 0 Å². The Morgan fingerprint density at radius 3 is 2.40 bits per heavy atom. The van der Waals surface area contributed by atoms with E-state index in [1.807, 2.05) is 31.2 Å². The van der Waals surface area contributed by atoms with Gasteiger partial charge >= 0.3 is 0 Å². The Morgan fingerprint density at radius 2 is 1.80 bits per heavy atom. The number of nitrogens with one attached hydrogen (secondary N) is 1. The lowest BCUT2D eigenvalue weighted by Crippen LogP contribution is -2.41. The van der Waals surface area contributed by atoms with Crippen LogP contribution in [0.1, 0.15) is 45.1 Å². The van der Waals surface area contributed by atoms with Crippen molar-refractivity contribution in [3.63, 3.8) is 0 Å². The highest BCUT2D eigenvalue weighted by Crippen LogP contribution is 2.26. The lowest BCUT2D eigenvalue weighted by atomic mass is 9.97. The summed E-state index contributed by atoms with van der Waals surface area (Å²) < 4.78 is 32.7. The van der Waals surface area contributed by atoms with Gasteiger partial charge < -0.3 is 10.1 Å². The highest BCUT2D eigenvalue weighted by Gasteiger charge is 2.32. The number of hydrogen-bond donors (Lipinski definition) is 1. The van der Waals surface area contributed by atoms with Gasteiger partial charge in [0.1, 0.15) is 5.75 Å². The monoisotopic (exact) mass is 430 g/mol. The molecule has 1 N–H and O–H groups in total. The van der Waals surface area contributed by atoms with Gasteiger partial charge in [0.25, 0.3) is 0 Å². The van der Waals surface area contributed by atoms with E-state index in [0.717, 1.165) is 5.69 Å². The summed E-state index contributed by atoms with van der Waals surface area (Å²) in [5.41, 5.74) is 1.96. The zero-order valence-corrected chi connectivity index (χ0v) is 18.6. The maximum Gasteiger partial charge on any atom is 0.243 e. The molecule has 1 amide bonds. The van der Waals surface area contributed by atoms with Crippen LogP contribution < -0.4 is 10.1 Å². The van der Waals surface area contributed by atoms with Crippen molar-refractivity contribution < 1.29 is 17.9 Å². The highest BCUT2D eigenvalue weighted by atomic mass is 32.2. The minimum atomic E-state index is -3.57. The molecule has 0 bridgehead atoms. The number of nitrogens with zero attached hydrogens (tertiary/aromatic N) is 1. The minimum Gasteiger partial charge on any atom is -0.494 e. The molecule has 1 saturated heterocycles. The summed E-state index contributed by atoms with van der Waals surface area (Å²) in [5.74, 6) is 0.791. The molecule has 0 aliphatic carbocycles. The summed E-state index contributed by atoms with van der Waals surface area (Å²) in [6.07, 6.45) is 1.01. The first-order valence-electron chi connectivity index (χ1n) is 10.4. The molecule has 30 heavy (non-hydrogen) atoms. The predicted molar refractivity (Wildman–Crippen MR) is 118 cm³/mol. The van der Waals surface area contributed by atoms with Crippen LogP contribution in [-0.4, -0.2) is 38.3 Å². The molecule has 0 spiro atoms. The molecular formula is C23H30N2O4S. The van der Waals surface area contributed by atoms with Crippen LogP contribution in [0.15, 0.2) is 53.4 Å². The molecule has 1 heterocycles.